The number of hydrogen-bond donors (Lipinski definition) is 1. The first-order chi connectivity index (χ1) is 6.70. The quantitative estimate of drug-likeness (QED) is 0.718. The van der Waals surface area contributed by atoms with Gasteiger partial charge >= 0.3 is 0 Å². The number of anilines is 1. The van der Waals surface area contributed by atoms with Gasteiger partial charge in [-0.15, -0.1) is 0 Å². The minimum absolute atomic E-state index is 0.0202. The van der Waals surface area contributed by atoms with Crippen molar-refractivity contribution in [3.8, 4) is 0 Å². The van der Waals surface area contributed by atoms with Crippen LogP contribution in [-0.4, -0.2) is 21.2 Å². The fourth-order valence-corrected chi connectivity index (χ4v) is 1.99. The van der Waals surface area contributed by atoms with Crippen molar-refractivity contribution in [1.29, 1.82) is 0 Å². The molecule has 74 valence electrons. The van der Waals surface area contributed by atoms with Crippen molar-refractivity contribution in [2.75, 3.05) is 4.72 Å². The van der Waals surface area contributed by atoms with Crippen LogP contribution >= 0.6 is 12.1 Å². The number of nitrogens with one attached hydrogen (secondary N) is 1. The van der Waals surface area contributed by atoms with Crippen molar-refractivity contribution in [2.45, 2.75) is 19.9 Å². The molecule has 14 heavy (non-hydrogen) atoms. The zero-order valence-corrected chi connectivity index (χ0v) is 8.84. The largest absolute Gasteiger partial charge is 0.296 e. The van der Waals surface area contributed by atoms with E-state index in [4.69, 9.17) is 0 Å². The van der Waals surface area contributed by atoms with Crippen LogP contribution < -0.4 is 4.72 Å². The van der Waals surface area contributed by atoms with Gasteiger partial charge in [0.25, 0.3) is 5.91 Å². The van der Waals surface area contributed by atoms with Crippen LogP contribution in [0.5, 0.6) is 0 Å². The molecule has 0 radical (unpaired) electrons. The summed E-state index contributed by atoms with van der Waals surface area (Å²) in [7, 11) is 0. The third kappa shape index (κ3) is 1.43. The highest BCUT2D eigenvalue weighted by molar-refractivity contribution is 7.99. The van der Waals surface area contributed by atoms with Crippen molar-refractivity contribution in [3.63, 3.8) is 0 Å². The van der Waals surface area contributed by atoms with Crippen molar-refractivity contribution < 1.29 is 4.79 Å². The highest BCUT2D eigenvalue weighted by Crippen LogP contribution is 2.28. The van der Waals surface area contributed by atoms with Crippen LogP contribution in [0.1, 0.15) is 24.2 Å². The Bertz CT molecular complexity index is 367. The van der Waals surface area contributed by atoms with Gasteiger partial charge in [-0.05, 0) is 26.0 Å². The second-order valence-corrected chi connectivity index (χ2v) is 4.10. The molecule has 0 saturated carbocycles. The van der Waals surface area contributed by atoms with E-state index in [1.54, 1.807) is 22.6 Å². The molecule has 0 fully saturated rings. The van der Waals surface area contributed by atoms with Crippen LogP contribution in [0.3, 0.4) is 0 Å². The molecule has 1 aliphatic heterocycles. The summed E-state index contributed by atoms with van der Waals surface area (Å²) in [6.45, 7) is 3.96. The van der Waals surface area contributed by atoms with Crippen molar-refractivity contribution in [2.24, 2.45) is 0 Å². The van der Waals surface area contributed by atoms with E-state index >= 15 is 0 Å². The molecular formula is C9H11N3OS. The van der Waals surface area contributed by atoms with Crippen LogP contribution in [0.2, 0.25) is 0 Å². The maximum absolute atomic E-state index is 11.9. The molecule has 0 atom stereocenters. The fourth-order valence-electron chi connectivity index (χ4n) is 1.25. The van der Waals surface area contributed by atoms with Gasteiger partial charge in [-0.1, -0.05) is 0 Å². The molecule has 0 aromatic carbocycles. The van der Waals surface area contributed by atoms with Gasteiger partial charge in [0, 0.05) is 12.2 Å². The molecule has 0 bridgehead atoms. The number of fused-ring (bicyclic) bond motifs is 1. The predicted molar refractivity (Wildman–Crippen MR) is 56.8 cm³/mol. The predicted octanol–water partition coefficient (Wildman–Crippen LogP) is 1.92. The lowest BCUT2D eigenvalue weighted by molar-refractivity contribution is 0.0847. The third-order valence-corrected chi connectivity index (χ3v) is 3.02. The Hall–Kier alpha value is -1.23. The zero-order valence-electron chi connectivity index (χ0n) is 8.02. The van der Waals surface area contributed by atoms with Crippen LogP contribution in [-0.2, 0) is 0 Å². The molecule has 0 spiro atoms. The second-order valence-electron chi connectivity index (χ2n) is 3.32. The maximum atomic E-state index is 11.9. The second kappa shape index (κ2) is 3.49. The van der Waals surface area contributed by atoms with Gasteiger partial charge < -0.3 is 0 Å². The molecule has 0 saturated heterocycles. The zero-order chi connectivity index (χ0) is 10.1. The van der Waals surface area contributed by atoms with Gasteiger partial charge in [0.1, 0.15) is 5.82 Å². The van der Waals surface area contributed by atoms with Gasteiger partial charge in [-0.3, -0.25) is 13.8 Å². The molecule has 1 amide bonds. The molecular weight excluding hydrogens is 198 g/mol. The molecule has 1 aromatic heterocycles. The highest BCUT2D eigenvalue weighted by atomic mass is 32.2. The van der Waals surface area contributed by atoms with E-state index in [0.29, 0.717) is 11.4 Å². The summed E-state index contributed by atoms with van der Waals surface area (Å²) in [5.41, 5.74) is 0.639. The molecule has 0 aliphatic carbocycles. The summed E-state index contributed by atoms with van der Waals surface area (Å²) < 4.78 is 4.73. The van der Waals surface area contributed by atoms with E-state index in [9.17, 15) is 4.79 Å². The summed E-state index contributed by atoms with van der Waals surface area (Å²) in [5, 5.41) is 0. The van der Waals surface area contributed by atoms with Gasteiger partial charge in [0.05, 0.1) is 17.7 Å². The third-order valence-electron chi connectivity index (χ3n) is 1.95. The van der Waals surface area contributed by atoms with E-state index in [1.165, 1.54) is 12.1 Å². The summed E-state index contributed by atoms with van der Waals surface area (Å²) in [6.07, 6.45) is 1.67. The lowest BCUT2D eigenvalue weighted by atomic mass is 10.2. The fraction of sp³-hybridized carbons (Fsp3) is 0.333. The Morgan fingerprint density at radius 3 is 3.07 bits per heavy atom. The van der Waals surface area contributed by atoms with E-state index in [0.717, 1.165) is 0 Å². The molecule has 2 heterocycles. The minimum Gasteiger partial charge on any atom is -0.296 e. The first-order valence-electron chi connectivity index (χ1n) is 4.41. The minimum atomic E-state index is 0.0202. The average Bonchev–Trinajstić information content (AvgIpc) is 2.18. The molecule has 1 aliphatic rings. The van der Waals surface area contributed by atoms with Gasteiger partial charge in [0.2, 0.25) is 0 Å². The lowest BCUT2D eigenvalue weighted by Gasteiger charge is -2.29. The number of pyridine rings is 1. The van der Waals surface area contributed by atoms with Crippen LogP contribution in [0.25, 0.3) is 0 Å². The molecule has 5 heteroatoms. The molecule has 0 unspecified atom stereocenters. The van der Waals surface area contributed by atoms with Crippen molar-refractivity contribution in [1.82, 2.24) is 9.29 Å². The Morgan fingerprint density at radius 2 is 2.36 bits per heavy atom. The van der Waals surface area contributed by atoms with Crippen molar-refractivity contribution >= 4 is 23.9 Å². The SMILES string of the molecule is CC(C)N1SNc2ncccc2C1=O. The average molecular weight is 209 g/mol. The first-order valence-corrected chi connectivity index (χ1v) is 5.19. The number of carbonyl (C=O) groups excluding carboxylic acids is 1. The topological polar surface area (TPSA) is 45.2 Å². The molecule has 4 nitrogen and oxygen atoms in total. The number of hydrogen-bond acceptors (Lipinski definition) is 4. The Kier molecular flexibility index (Phi) is 2.33. The number of carbonyl (C=O) groups is 1. The van der Waals surface area contributed by atoms with Crippen LogP contribution in [0.4, 0.5) is 5.82 Å². The number of rotatable bonds is 1. The normalized spacial score (nSPS) is 15.4. The number of nitrogens with zero attached hydrogens (tertiary/aromatic N) is 2. The van der Waals surface area contributed by atoms with E-state index < -0.39 is 0 Å². The number of aromatic nitrogens is 1. The van der Waals surface area contributed by atoms with Gasteiger partial charge in [0.15, 0.2) is 0 Å². The molecule has 1 N–H and O–H groups in total. The van der Waals surface area contributed by atoms with Gasteiger partial charge in [-0.25, -0.2) is 4.98 Å². The summed E-state index contributed by atoms with van der Waals surface area (Å²) in [5.74, 6) is 0.672. The summed E-state index contributed by atoms with van der Waals surface area (Å²) in [6, 6.07) is 3.73. The maximum Gasteiger partial charge on any atom is 0.269 e. The van der Waals surface area contributed by atoms with Gasteiger partial charge in [-0.2, -0.15) is 0 Å². The Balaban J connectivity index is 2.37. The summed E-state index contributed by atoms with van der Waals surface area (Å²) in [4.78, 5) is 16.0. The lowest BCUT2D eigenvalue weighted by Crippen LogP contribution is -2.35. The standard InChI is InChI=1S/C9H11N3OS/c1-6(2)12-9(13)7-4-3-5-10-8(7)11-14-12/h3-6H,1-2H3,(H,10,11). The molecule has 2 rings (SSSR count). The van der Waals surface area contributed by atoms with E-state index in [-0.39, 0.29) is 11.9 Å². The smallest absolute Gasteiger partial charge is 0.269 e. The van der Waals surface area contributed by atoms with Crippen LogP contribution in [0, 0.1) is 0 Å². The van der Waals surface area contributed by atoms with E-state index in [1.807, 2.05) is 13.8 Å². The Morgan fingerprint density at radius 1 is 1.57 bits per heavy atom. The Labute approximate surface area is 87.0 Å². The molecule has 1 aromatic rings. The summed E-state index contributed by atoms with van der Waals surface area (Å²) >= 11 is 1.29. The number of amides is 1. The first kappa shape index (κ1) is 9.33. The monoisotopic (exact) mass is 209 g/mol. The van der Waals surface area contributed by atoms with Crippen molar-refractivity contribution in [3.05, 3.63) is 23.9 Å². The van der Waals surface area contributed by atoms with E-state index in [2.05, 4.69) is 9.71 Å². The van der Waals surface area contributed by atoms with Crippen LogP contribution in [0.15, 0.2) is 18.3 Å². The highest BCUT2D eigenvalue weighted by Gasteiger charge is 2.27.